The van der Waals surface area contributed by atoms with Crippen LogP contribution in [0.25, 0.3) is 0 Å². The van der Waals surface area contributed by atoms with Crippen molar-refractivity contribution in [1.29, 1.82) is 0 Å². The molecule has 112 valence electrons. The van der Waals surface area contributed by atoms with E-state index in [2.05, 4.69) is 5.10 Å². The Morgan fingerprint density at radius 1 is 1.19 bits per heavy atom. The van der Waals surface area contributed by atoms with Crippen LogP contribution in [0.2, 0.25) is 10.0 Å². The average molecular weight is 325 g/mol. The highest BCUT2D eigenvalue weighted by molar-refractivity contribution is 6.32. The Morgan fingerprint density at radius 3 is 2.52 bits per heavy atom. The summed E-state index contributed by atoms with van der Waals surface area (Å²) < 4.78 is 1.81. The average Bonchev–Trinajstić information content (AvgIpc) is 2.77. The van der Waals surface area contributed by atoms with Gasteiger partial charge in [0.2, 0.25) is 0 Å². The van der Waals surface area contributed by atoms with Crippen molar-refractivity contribution in [2.75, 3.05) is 0 Å². The van der Waals surface area contributed by atoms with Gasteiger partial charge in [0, 0.05) is 18.0 Å². The number of aromatic nitrogens is 2. The van der Waals surface area contributed by atoms with Crippen LogP contribution in [-0.4, -0.2) is 15.6 Å². The topological polar surface area (TPSA) is 34.9 Å². The molecule has 0 spiro atoms. The number of Topliss-reactive ketones (excluding diaryl/α,β-unsaturated/α-hetero) is 1. The fourth-order valence-electron chi connectivity index (χ4n) is 2.29. The predicted molar refractivity (Wildman–Crippen MR) is 86.2 cm³/mol. The predicted octanol–water partition coefficient (Wildman–Crippen LogP) is 4.13. The van der Waals surface area contributed by atoms with Crippen LogP contribution in [0.1, 0.15) is 30.8 Å². The summed E-state index contributed by atoms with van der Waals surface area (Å²) in [5.41, 5.74) is 2.49. The van der Waals surface area contributed by atoms with Gasteiger partial charge in [0.25, 0.3) is 0 Å². The zero-order valence-electron chi connectivity index (χ0n) is 12.2. The summed E-state index contributed by atoms with van der Waals surface area (Å²) in [6.07, 6.45) is 1.36. The molecule has 0 saturated heterocycles. The zero-order chi connectivity index (χ0) is 15.4. The highest BCUT2D eigenvalue weighted by Gasteiger charge is 2.17. The Morgan fingerprint density at radius 2 is 1.90 bits per heavy atom. The first-order valence-corrected chi connectivity index (χ1v) is 7.81. The Hall–Kier alpha value is -1.32. The molecule has 0 fully saturated rings. The standard InChI is InChI=1S/C16H18Cl2N2O/c1-3-14-16(18)15(20(4-2)19-14)10-12(21)9-11-7-5-6-8-13(11)17/h5-8H,3-4,9-10H2,1-2H3. The molecule has 0 radical (unpaired) electrons. The van der Waals surface area contributed by atoms with Gasteiger partial charge in [-0.2, -0.15) is 5.10 Å². The minimum atomic E-state index is 0.0854. The molecule has 0 aliphatic carbocycles. The van der Waals surface area contributed by atoms with E-state index in [9.17, 15) is 4.79 Å². The normalized spacial score (nSPS) is 10.9. The highest BCUT2D eigenvalue weighted by Crippen LogP contribution is 2.23. The van der Waals surface area contributed by atoms with Crippen LogP contribution in [0.3, 0.4) is 0 Å². The van der Waals surface area contributed by atoms with Crippen molar-refractivity contribution in [2.45, 2.75) is 39.7 Å². The molecule has 21 heavy (non-hydrogen) atoms. The second kappa shape index (κ2) is 7.10. The van der Waals surface area contributed by atoms with E-state index < -0.39 is 0 Å². The maximum Gasteiger partial charge on any atom is 0.143 e. The van der Waals surface area contributed by atoms with Gasteiger partial charge in [-0.25, -0.2) is 0 Å². The van der Waals surface area contributed by atoms with Crippen LogP contribution in [-0.2, 0) is 30.6 Å². The third-order valence-electron chi connectivity index (χ3n) is 3.40. The van der Waals surface area contributed by atoms with Gasteiger partial charge in [-0.15, -0.1) is 0 Å². The van der Waals surface area contributed by atoms with Crippen molar-refractivity contribution in [3.8, 4) is 0 Å². The lowest BCUT2D eigenvalue weighted by Gasteiger charge is -2.06. The number of halogens is 2. The molecule has 2 rings (SSSR count). The van der Waals surface area contributed by atoms with E-state index in [-0.39, 0.29) is 12.2 Å². The molecule has 0 aliphatic heterocycles. The number of carbonyl (C=O) groups excluding carboxylic acids is 1. The van der Waals surface area contributed by atoms with Gasteiger partial charge >= 0.3 is 0 Å². The molecule has 0 N–H and O–H groups in total. The van der Waals surface area contributed by atoms with Gasteiger partial charge in [-0.3, -0.25) is 9.48 Å². The number of carbonyl (C=O) groups is 1. The van der Waals surface area contributed by atoms with Crippen LogP contribution in [0.15, 0.2) is 24.3 Å². The minimum Gasteiger partial charge on any atom is -0.299 e. The Kier molecular flexibility index (Phi) is 5.43. The van der Waals surface area contributed by atoms with Crippen LogP contribution in [0.4, 0.5) is 0 Å². The Balaban J connectivity index is 2.17. The number of hydrogen-bond acceptors (Lipinski definition) is 2. The van der Waals surface area contributed by atoms with Gasteiger partial charge in [-0.05, 0) is 25.0 Å². The summed E-state index contributed by atoms with van der Waals surface area (Å²) in [6.45, 7) is 4.70. The Bertz CT molecular complexity index is 650. The molecule has 1 aromatic carbocycles. The van der Waals surface area contributed by atoms with Crippen molar-refractivity contribution in [3.63, 3.8) is 0 Å². The molecule has 1 heterocycles. The molecular weight excluding hydrogens is 307 g/mol. The SMILES string of the molecule is CCc1nn(CC)c(CC(=O)Cc2ccccc2Cl)c1Cl. The molecule has 0 bridgehead atoms. The Labute approximate surface area is 134 Å². The largest absolute Gasteiger partial charge is 0.299 e. The number of nitrogens with zero attached hydrogens (tertiary/aromatic N) is 2. The first-order chi connectivity index (χ1) is 10.1. The molecule has 3 nitrogen and oxygen atoms in total. The molecule has 0 amide bonds. The summed E-state index contributed by atoms with van der Waals surface area (Å²) >= 11 is 12.4. The molecule has 5 heteroatoms. The van der Waals surface area contributed by atoms with E-state index in [0.717, 1.165) is 23.4 Å². The molecule has 0 aliphatic rings. The van der Waals surface area contributed by atoms with Gasteiger partial charge < -0.3 is 0 Å². The number of ketones is 1. The van der Waals surface area contributed by atoms with Crippen molar-refractivity contribution >= 4 is 29.0 Å². The van der Waals surface area contributed by atoms with Crippen LogP contribution in [0, 0.1) is 0 Å². The van der Waals surface area contributed by atoms with Crippen LogP contribution >= 0.6 is 23.2 Å². The van der Waals surface area contributed by atoms with Crippen LogP contribution < -0.4 is 0 Å². The smallest absolute Gasteiger partial charge is 0.143 e. The van der Waals surface area contributed by atoms with E-state index in [1.165, 1.54) is 0 Å². The first-order valence-electron chi connectivity index (χ1n) is 7.05. The fraction of sp³-hybridized carbons (Fsp3) is 0.375. The maximum atomic E-state index is 12.3. The minimum absolute atomic E-state index is 0.0854. The van der Waals surface area contributed by atoms with E-state index in [1.807, 2.05) is 36.7 Å². The lowest BCUT2D eigenvalue weighted by Crippen LogP contribution is -2.12. The van der Waals surface area contributed by atoms with E-state index in [1.54, 1.807) is 6.07 Å². The molecule has 0 saturated carbocycles. The quantitative estimate of drug-likeness (QED) is 0.800. The van der Waals surface area contributed by atoms with Crippen molar-refractivity contribution < 1.29 is 4.79 Å². The van der Waals surface area contributed by atoms with E-state index >= 15 is 0 Å². The number of hydrogen-bond donors (Lipinski definition) is 0. The summed E-state index contributed by atoms with van der Waals surface area (Å²) in [7, 11) is 0. The third kappa shape index (κ3) is 3.66. The van der Waals surface area contributed by atoms with Crippen molar-refractivity contribution in [3.05, 3.63) is 51.3 Å². The number of rotatable bonds is 6. The number of benzene rings is 1. The summed E-state index contributed by atoms with van der Waals surface area (Å²) in [4.78, 5) is 12.3. The van der Waals surface area contributed by atoms with Crippen molar-refractivity contribution in [1.82, 2.24) is 9.78 Å². The molecule has 0 atom stereocenters. The molecular formula is C16H18Cl2N2O. The van der Waals surface area contributed by atoms with Gasteiger partial charge in [0.1, 0.15) is 5.78 Å². The van der Waals surface area contributed by atoms with E-state index in [4.69, 9.17) is 23.2 Å². The molecule has 1 aromatic heterocycles. The lowest BCUT2D eigenvalue weighted by atomic mass is 10.1. The van der Waals surface area contributed by atoms with Crippen LogP contribution in [0.5, 0.6) is 0 Å². The van der Waals surface area contributed by atoms with Gasteiger partial charge in [0.15, 0.2) is 0 Å². The molecule has 0 unspecified atom stereocenters. The lowest BCUT2D eigenvalue weighted by molar-refractivity contribution is -0.117. The number of aryl methyl sites for hydroxylation is 2. The summed E-state index contributed by atoms with van der Waals surface area (Å²) in [6, 6.07) is 7.40. The van der Waals surface area contributed by atoms with Gasteiger partial charge in [0.05, 0.1) is 22.8 Å². The summed E-state index contributed by atoms with van der Waals surface area (Å²) in [5.74, 6) is 0.0854. The second-order valence-electron chi connectivity index (χ2n) is 4.86. The van der Waals surface area contributed by atoms with E-state index in [0.29, 0.717) is 23.0 Å². The first kappa shape index (κ1) is 16.1. The highest BCUT2D eigenvalue weighted by atomic mass is 35.5. The van der Waals surface area contributed by atoms with Gasteiger partial charge in [-0.1, -0.05) is 48.3 Å². The zero-order valence-corrected chi connectivity index (χ0v) is 13.7. The monoisotopic (exact) mass is 324 g/mol. The van der Waals surface area contributed by atoms with Crippen molar-refractivity contribution in [2.24, 2.45) is 0 Å². The maximum absolute atomic E-state index is 12.3. The summed E-state index contributed by atoms with van der Waals surface area (Å²) in [5, 5.41) is 5.67. The third-order valence-corrected chi connectivity index (χ3v) is 4.21. The second-order valence-corrected chi connectivity index (χ2v) is 5.65. The molecule has 2 aromatic rings. The fourth-order valence-corrected chi connectivity index (χ4v) is 2.83.